The quantitative estimate of drug-likeness (QED) is 0.614. The summed E-state index contributed by atoms with van der Waals surface area (Å²) < 4.78 is 0. The monoisotopic (exact) mass is 146 g/mol. The average molecular weight is 146 g/mol. The molecule has 0 aliphatic carbocycles. The Morgan fingerprint density at radius 1 is 1.10 bits per heavy atom. The molecule has 0 aromatic rings. The zero-order valence-corrected chi connectivity index (χ0v) is 6.88. The summed E-state index contributed by atoms with van der Waals surface area (Å²) in [6.07, 6.45) is 2.43. The van der Waals surface area contributed by atoms with Gasteiger partial charge < -0.3 is 10.2 Å². The number of rotatable bonds is 5. The Balaban J connectivity index is 3.27. The number of aliphatic hydroxyl groups is 2. The van der Waals surface area contributed by atoms with Gasteiger partial charge >= 0.3 is 0 Å². The normalized spacial score (nSPS) is 16.8. The molecule has 0 radical (unpaired) electrons. The lowest BCUT2D eigenvalue weighted by atomic mass is 10.1. The van der Waals surface area contributed by atoms with Gasteiger partial charge in [0, 0.05) is 0 Å². The van der Waals surface area contributed by atoms with Crippen molar-refractivity contribution in [2.24, 2.45) is 0 Å². The fourth-order valence-corrected chi connectivity index (χ4v) is 0.932. The van der Waals surface area contributed by atoms with Gasteiger partial charge in [0.15, 0.2) is 0 Å². The lowest BCUT2D eigenvalue weighted by Gasteiger charge is -2.12. The Kier molecular flexibility index (Phi) is 5.64. The molecule has 2 heteroatoms. The van der Waals surface area contributed by atoms with Gasteiger partial charge in [0.2, 0.25) is 0 Å². The van der Waals surface area contributed by atoms with E-state index in [1.807, 2.05) is 13.8 Å². The average Bonchev–Trinajstić information content (AvgIpc) is 1.88. The molecule has 0 rings (SSSR count). The summed E-state index contributed by atoms with van der Waals surface area (Å²) in [6.45, 7) is 3.95. The molecule has 0 spiro atoms. The second-order valence-electron chi connectivity index (χ2n) is 2.74. The van der Waals surface area contributed by atoms with Crippen LogP contribution in [0.3, 0.4) is 0 Å². The van der Waals surface area contributed by atoms with E-state index in [-0.39, 0.29) is 12.2 Å². The van der Waals surface area contributed by atoms with E-state index < -0.39 is 0 Å². The molecule has 0 aromatic heterocycles. The summed E-state index contributed by atoms with van der Waals surface area (Å²) in [6, 6.07) is 0. The topological polar surface area (TPSA) is 40.5 Å². The van der Waals surface area contributed by atoms with Crippen molar-refractivity contribution in [2.75, 3.05) is 0 Å². The van der Waals surface area contributed by atoms with Crippen molar-refractivity contribution in [3.05, 3.63) is 0 Å². The highest BCUT2D eigenvalue weighted by Gasteiger charge is 2.08. The summed E-state index contributed by atoms with van der Waals surface area (Å²) in [4.78, 5) is 0. The van der Waals surface area contributed by atoms with E-state index in [2.05, 4.69) is 0 Å². The van der Waals surface area contributed by atoms with Crippen molar-refractivity contribution in [3.63, 3.8) is 0 Å². The fraction of sp³-hybridized carbons (Fsp3) is 1.00. The van der Waals surface area contributed by atoms with Crippen LogP contribution in [0.4, 0.5) is 0 Å². The zero-order chi connectivity index (χ0) is 7.98. The molecule has 2 atom stereocenters. The van der Waals surface area contributed by atoms with Crippen LogP contribution in [0, 0.1) is 0 Å². The van der Waals surface area contributed by atoms with Crippen LogP contribution >= 0.6 is 0 Å². The summed E-state index contributed by atoms with van der Waals surface area (Å²) in [7, 11) is 0. The fourth-order valence-electron chi connectivity index (χ4n) is 0.932. The lowest BCUT2D eigenvalue weighted by Crippen LogP contribution is -2.16. The smallest absolute Gasteiger partial charge is 0.0564 e. The van der Waals surface area contributed by atoms with Gasteiger partial charge in [-0.2, -0.15) is 0 Å². The van der Waals surface area contributed by atoms with Gasteiger partial charge in [0.05, 0.1) is 12.2 Å². The molecule has 0 aliphatic rings. The third-order valence-corrected chi connectivity index (χ3v) is 1.64. The predicted octanol–water partition coefficient (Wildman–Crippen LogP) is 1.31. The molecule has 0 amide bonds. The number of hydrogen-bond acceptors (Lipinski definition) is 2. The molecule has 2 N–H and O–H groups in total. The molecule has 10 heavy (non-hydrogen) atoms. The minimum absolute atomic E-state index is 0.306. The number of hydrogen-bond donors (Lipinski definition) is 2. The van der Waals surface area contributed by atoms with Gasteiger partial charge in [-0.05, 0) is 19.3 Å². The van der Waals surface area contributed by atoms with Crippen molar-refractivity contribution >= 4 is 0 Å². The number of aliphatic hydroxyl groups excluding tert-OH is 2. The highest BCUT2D eigenvalue weighted by atomic mass is 16.3. The van der Waals surface area contributed by atoms with Crippen LogP contribution in [0.1, 0.15) is 39.5 Å². The molecule has 2 nitrogen and oxygen atoms in total. The van der Waals surface area contributed by atoms with Crippen LogP contribution in [-0.2, 0) is 0 Å². The molecular formula is C8H18O2. The van der Waals surface area contributed by atoms with Crippen LogP contribution in [0.5, 0.6) is 0 Å². The summed E-state index contributed by atoms with van der Waals surface area (Å²) >= 11 is 0. The van der Waals surface area contributed by atoms with Gasteiger partial charge in [0.1, 0.15) is 0 Å². The first-order chi connectivity index (χ1) is 4.70. The van der Waals surface area contributed by atoms with Crippen LogP contribution in [-0.4, -0.2) is 22.4 Å². The Morgan fingerprint density at radius 2 is 1.70 bits per heavy atom. The van der Waals surface area contributed by atoms with Crippen LogP contribution in [0.25, 0.3) is 0 Å². The van der Waals surface area contributed by atoms with E-state index in [1.54, 1.807) is 0 Å². The van der Waals surface area contributed by atoms with E-state index in [0.29, 0.717) is 6.42 Å². The Bertz CT molecular complexity index is 73.7. The minimum atomic E-state index is -0.318. The van der Waals surface area contributed by atoms with E-state index in [0.717, 1.165) is 19.3 Å². The van der Waals surface area contributed by atoms with Crippen molar-refractivity contribution in [1.82, 2.24) is 0 Å². The molecule has 62 valence electrons. The van der Waals surface area contributed by atoms with Crippen molar-refractivity contribution < 1.29 is 10.2 Å². The van der Waals surface area contributed by atoms with Gasteiger partial charge in [-0.15, -0.1) is 0 Å². The Hall–Kier alpha value is -0.0800. The second-order valence-corrected chi connectivity index (χ2v) is 2.74. The molecule has 0 aromatic carbocycles. The highest BCUT2D eigenvalue weighted by molar-refractivity contribution is 4.60. The molecule has 0 bridgehead atoms. The Morgan fingerprint density at radius 3 is 2.10 bits per heavy atom. The SMILES string of the molecule is CCC[C@H](O)C[C@H](O)CC. The Labute approximate surface area is 62.9 Å². The molecule has 0 saturated heterocycles. The first kappa shape index (κ1) is 9.92. The van der Waals surface area contributed by atoms with Crippen molar-refractivity contribution in [2.45, 2.75) is 51.7 Å². The van der Waals surface area contributed by atoms with E-state index in [4.69, 9.17) is 5.11 Å². The minimum Gasteiger partial charge on any atom is -0.393 e. The predicted molar refractivity (Wildman–Crippen MR) is 41.8 cm³/mol. The van der Waals surface area contributed by atoms with Gasteiger partial charge in [-0.25, -0.2) is 0 Å². The van der Waals surface area contributed by atoms with Gasteiger partial charge in [-0.3, -0.25) is 0 Å². The van der Waals surface area contributed by atoms with Crippen LogP contribution in [0.2, 0.25) is 0 Å². The first-order valence-electron chi connectivity index (χ1n) is 4.06. The largest absolute Gasteiger partial charge is 0.393 e. The maximum atomic E-state index is 9.19. The van der Waals surface area contributed by atoms with Crippen molar-refractivity contribution in [1.29, 1.82) is 0 Å². The van der Waals surface area contributed by atoms with Gasteiger partial charge in [0.25, 0.3) is 0 Å². The van der Waals surface area contributed by atoms with Crippen molar-refractivity contribution in [3.8, 4) is 0 Å². The molecule has 0 aliphatic heterocycles. The van der Waals surface area contributed by atoms with E-state index in [1.165, 1.54) is 0 Å². The summed E-state index contributed by atoms with van der Waals surface area (Å²) in [5.74, 6) is 0. The zero-order valence-electron chi connectivity index (χ0n) is 6.88. The maximum absolute atomic E-state index is 9.19. The van der Waals surface area contributed by atoms with E-state index in [9.17, 15) is 5.11 Å². The van der Waals surface area contributed by atoms with Crippen LogP contribution in [0.15, 0.2) is 0 Å². The molecule has 0 unspecified atom stereocenters. The highest BCUT2D eigenvalue weighted by Crippen LogP contribution is 2.06. The molecular weight excluding hydrogens is 128 g/mol. The third-order valence-electron chi connectivity index (χ3n) is 1.64. The molecule has 0 saturated carbocycles. The standard InChI is InChI=1S/C8H18O2/c1-3-5-8(10)6-7(9)4-2/h7-10H,3-6H2,1-2H3/t7-,8+/m1/s1. The second kappa shape index (κ2) is 5.69. The summed E-state index contributed by atoms with van der Waals surface area (Å²) in [5.41, 5.74) is 0. The first-order valence-corrected chi connectivity index (χ1v) is 4.06. The molecule has 0 heterocycles. The molecule has 0 fully saturated rings. The third kappa shape index (κ3) is 4.77. The van der Waals surface area contributed by atoms with Gasteiger partial charge in [-0.1, -0.05) is 20.3 Å². The maximum Gasteiger partial charge on any atom is 0.0564 e. The summed E-state index contributed by atoms with van der Waals surface area (Å²) in [5, 5.41) is 18.3. The van der Waals surface area contributed by atoms with Crippen LogP contribution < -0.4 is 0 Å². The lowest BCUT2D eigenvalue weighted by molar-refractivity contribution is 0.0733. The van der Waals surface area contributed by atoms with E-state index >= 15 is 0 Å².